The Labute approximate surface area is 61.0 Å². The van der Waals surface area contributed by atoms with Crippen LogP contribution in [-0.2, 0) is 15.6 Å². The lowest BCUT2D eigenvalue weighted by Crippen LogP contribution is -2.44. The molecule has 0 spiro atoms. The number of hydrazine groups is 1. The molecule has 1 aliphatic rings. The predicted octanol–water partition coefficient (Wildman–Crippen LogP) is -1.65. The highest BCUT2D eigenvalue weighted by Gasteiger charge is 2.08. The van der Waals surface area contributed by atoms with Gasteiger partial charge >= 0.3 is 0 Å². The average Bonchev–Trinajstić information content (AvgIpc) is 1.88. The number of morpholine rings is 1. The van der Waals surface area contributed by atoms with Crippen LogP contribution in [0.15, 0.2) is 0 Å². The van der Waals surface area contributed by atoms with Crippen LogP contribution in [0.25, 0.3) is 0 Å². The number of nitrogens with zero attached hydrogens (tertiary/aromatic N) is 1. The predicted molar refractivity (Wildman–Crippen MR) is 35.8 cm³/mol. The lowest BCUT2D eigenvalue weighted by Gasteiger charge is -2.24. The Bertz CT molecular complexity index is 156. The van der Waals surface area contributed by atoms with Crippen molar-refractivity contribution in [2.24, 2.45) is 0 Å². The van der Waals surface area contributed by atoms with Gasteiger partial charge in [0.1, 0.15) is 0 Å². The Morgan fingerprint density at radius 2 is 1.90 bits per heavy atom. The van der Waals surface area contributed by atoms with Gasteiger partial charge in [-0.25, -0.2) is 13.4 Å². The number of thiol groups is 1. The highest BCUT2D eigenvalue weighted by molar-refractivity contribution is 7.70. The molecule has 0 radical (unpaired) electrons. The second-order valence-corrected chi connectivity index (χ2v) is 2.67. The molecule has 0 aromatic heterocycles. The quantitative estimate of drug-likeness (QED) is 0.483. The third-order valence-corrected chi connectivity index (χ3v) is 1.68. The van der Waals surface area contributed by atoms with Crippen LogP contribution >= 0.6 is 0 Å². The topological polar surface area (TPSA) is 58.6 Å². The maximum absolute atomic E-state index is 10.1. The third kappa shape index (κ3) is 2.61. The van der Waals surface area contributed by atoms with Crippen molar-refractivity contribution in [1.29, 1.82) is 0 Å². The molecule has 1 fully saturated rings. The zero-order valence-corrected chi connectivity index (χ0v) is 6.34. The summed E-state index contributed by atoms with van der Waals surface area (Å²) in [7, 11) is -2.50. The molecule has 0 bridgehead atoms. The third-order valence-electron chi connectivity index (χ3n) is 1.23. The summed E-state index contributed by atoms with van der Waals surface area (Å²) in [5.74, 6) is 0. The lowest BCUT2D eigenvalue weighted by molar-refractivity contribution is 0.0278. The number of hydrogen-bond donors (Lipinski definition) is 2. The minimum absolute atomic E-state index is 0.593. The molecule has 0 atom stereocenters. The molecule has 1 saturated heterocycles. The van der Waals surface area contributed by atoms with E-state index in [0.717, 1.165) is 0 Å². The molecule has 6 heteroatoms. The minimum Gasteiger partial charge on any atom is -0.379 e. The van der Waals surface area contributed by atoms with Gasteiger partial charge in [0.15, 0.2) is 0 Å². The molecule has 0 saturated carbocycles. The first-order valence-electron chi connectivity index (χ1n) is 3.02. The van der Waals surface area contributed by atoms with E-state index in [1.807, 2.05) is 0 Å². The summed E-state index contributed by atoms with van der Waals surface area (Å²) in [5.41, 5.74) is 0. The number of hydrogen-bond acceptors (Lipinski definition) is 4. The van der Waals surface area contributed by atoms with Crippen LogP contribution in [0.4, 0.5) is 0 Å². The number of rotatable bonds is 2. The van der Waals surface area contributed by atoms with E-state index in [-0.39, 0.29) is 0 Å². The van der Waals surface area contributed by atoms with Gasteiger partial charge in [-0.05, 0) is 0 Å². The van der Waals surface area contributed by atoms with Crippen LogP contribution in [0.5, 0.6) is 0 Å². The molecule has 5 nitrogen and oxygen atoms in total. The summed E-state index contributed by atoms with van der Waals surface area (Å²) >= 11 is 0. The van der Waals surface area contributed by atoms with E-state index in [1.54, 1.807) is 5.01 Å². The second-order valence-electron chi connectivity index (χ2n) is 1.96. The fourth-order valence-corrected chi connectivity index (χ4v) is 1.21. The fourth-order valence-electron chi connectivity index (χ4n) is 0.779. The maximum atomic E-state index is 10.1. The summed E-state index contributed by atoms with van der Waals surface area (Å²) in [6, 6.07) is 0. The zero-order valence-electron chi connectivity index (χ0n) is 5.45. The highest BCUT2D eigenvalue weighted by atomic mass is 32.2. The van der Waals surface area contributed by atoms with Gasteiger partial charge in [-0.15, -0.1) is 0 Å². The average molecular weight is 166 g/mol. The lowest BCUT2D eigenvalue weighted by atomic mass is 10.5. The van der Waals surface area contributed by atoms with Crippen LogP contribution in [0.2, 0.25) is 0 Å². The van der Waals surface area contributed by atoms with E-state index in [2.05, 4.69) is 4.83 Å². The molecule has 1 aliphatic heterocycles. The Hall–Kier alpha value is -0.170. The van der Waals surface area contributed by atoms with Crippen molar-refractivity contribution in [3.63, 3.8) is 0 Å². The van der Waals surface area contributed by atoms with E-state index < -0.39 is 10.9 Å². The Balaban J connectivity index is 2.26. The van der Waals surface area contributed by atoms with Gasteiger partial charge in [0.05, 0.1) is 13.2 Å². The second kappa shape index (κ2) is 3.87. The van der Waals surface area contributed by atoms with Crippen LogP contribution in [0.1, 0.15) is 0 Å². The van der Waals surface area contributed by atoms with E-state index in [9.17, 15) is 8.42 Å². The van der Waals surface area contributed by atoms with Crippen molar-refractivity contribution in [3.05, 3.63) is 0 Å². The highest BCUT2D eigenvalue weighted by Crippen LogP contribution is 1.90. The monoisotopic (exact) mass is 166 g/mol. The molecule has 0 unspecified atom stereocenters. The van der Waals surface area contributed by atoms with E-state index in [4.69, 9.17) is 4.74 Å². The van der Waals surface area contributed by atoms with Gasteiger partial charge < -0.3 is 4.74 Å². The van der Waals surface area contributed by atoms with Crippen molar-refractivity contribution in [2.45, 2.75) is 0 Å². The minimum atomic E-state index is -2.50. The fraction of sp³-hybridized carbons (Fsp3) is 1.00. The van der Waals surface area contributed by atoms with E-state index in [1.165, 1.54) is 0 Å². The van der Waals surface area contributed by atoms with Crippen molar-refractivity contribution in [3.8, 4) is 0 Å². The van der Waals surface area contributed by atoms with Gasteiger partial charge in [-0.3, -0.25) is 0 Å². The normalized spacial score (nSPS) is 21.7. The first kappa shape index (κ1) is 7.93. The first-order chi connectivity index (χ1) is 4.79. The number of nitrogens with one attached hydrogen (secondary N) is 1. The van der Waals surface area contributed by atoms with Crippen LogP contribution in [0.3, 0.4) is 0 Å². The Morgan fingerprint density at radius 1 is 1.30 bits per heavy atom. The molecule has 0 aromatic rings. The molecule has 1 rings (SSSR count). The molecule has 60 valence electrons. The molecule has 1 N–H and O–H groups in total. The van der Waals surface area contributed by atoms with Crippen LogP contribution in [-0.4, -0.2) is 39.7 Å². The first-order valence-corrected chi connectivity index (χ1v) is 4.20. The molecule has 10 heavy (non-hydrogen) atoms. The van der Waals surface area contributed by atoms with Gasteiger partial charge in [-0.1, -0.05) is 0 Å². The van der Waals surface area contributed by atoms with Crippen molar-refractivity contribution >= 4 is 10.9 Å². The van der Waals surface area contributed by atoms with Crippen LogP contribution < -0.4 is 4.83 Å². The molecule has 0 amide bonds. The molecular weight excluding hydrogens is 156 g/mol. The standard InChI is InChI=1S/C4H10N2O3S/c7-10(8)5-6-1-3-9-4-2-6/h10H,1-4H2,(H,5,7,8). The summed E-state index contributed by atoms with van der Waals surface area (Å²) in [6.45, 7) is 2.44. The van der Waals surface area contributed by atoms with Gasteiger partial charge in [0.2, 0.25) is 10.9 Å². The summed E-state index contributed by atoms with van der Waals surface area (Å²) in [6.07, 6.45) is 0. The Kier molecular flexibility index (Phi) is 3.07. The molecule has 0 aromatic carbocycles. The van der Waals surface area contributed by atoms with Crippen molar-refractivity contribution in [1.82, 2.24) is 9.84 Å². The maximum Gasteiger partial charge on any atom is 0.214 e. The van der Waals surface area contributed by atoms with Crippen molar-refractivity contribution in [2.75, 3.05) is 26.3 Å². The van der Waals surface area contributed by atoms with Gasteiger partial charge in [0, 0.05) is 13.1 Å². The largest absolute Gasteiger partial charge is 0.379 e. The molecular formula is C4H10N2O3S. The molecule has 0 aliphatic carbocycles. The molecule has 1 heterocycles. The van der Waals surface area contributed by atoms with E-state index >= 15 is 0 Å². The van der Waals surface area contributed by atoms with Crippen LogP contribution in [0, 0.1) is 0 Å². The number of ether oxygens (including phenoxy) is 1. The van der Waals surface area contributed by atoms with Gasteiger partial charge in [0.25, 0.3) is 0 Å². The van der Waals surface area contributed by atoms with E-state index in [0.29, 0.717) is 26.3 Å². The SMILES string of the molecule is O=[SH](=O)NN1CCOCC1. The zero-order chi connectivity index (χ0) is 7.40. The summed E-state index contributed by atoms with van der Waals surface area (Å²) in [5, 5.41) is 1.62. The van der Waals surface area contributed by atoms with Crippen molar-refractivity contribution < 1.29 is 13.2 Å². The Morgan fingerprint density at radius 3 is 2.40 bits per heavy atom. The van der Waals surface area contributed by atoms with Gasteiger partial charge in [-0.2, -0.15) is 4.83 Å². The summed E-state index contributed by atoms with van der Waals surface area (Å²) in [4.78, 5) is 2.29. The summed E-state index contributed by atoms with van der Waals surface area (Å²) < 4.78 is 25.2. The smallest absolute Gasteiger partial charge is 0.214 e.